The smallest absolute Gasteiger partial charge is 0.231 e. The first-order chi connectivity index (χ1) is 6.89. The van der Waals surface area contributed by atoms with E-state index in [0.29, 0.717) is 6.42 Å². The van der Waals surface area contributed by atoms with Crippen molar-refractivity contribution in [2.75, 3.05) is 11.9 Å². The topological polar surface area (TPSA) is 46.3 Å². The van der Waals surface area contributed by atoms with Crippen LogP contribution in [0.2, 0.25) is 0 Å². The van der Waals surface area contributed by atoms with Crippen molar-refractivity contribution in [2.24, 2.45) is 5.73 Å². The Bertz CT molecular complexity index is 418. The number of amides is 1. The number of benzene rings is 1. The number of hydrogen-bond donors (Lipinski definition) is 1. The molecule has 3 heteroatoms. The highest BCUT2D eigenvalue weighted by molar-refractivity contribution is 6.00. The van der Waals surface area contributed by atoms with Gasteiger partial charge in [0.1, 0.15) is 0 Å². The summed E-state index contributed by atoms with van der Waals surface area (Å²) in [6.07, 6.45) is 0.496. The number of carbonyl (C=O) groups excluding carboxylic acids is 1. The molecule has 0 aliphatic carbocycles. The minimum atomic E-state index is -0.348. The molecule has 0 saturated heterocycles. The van der Waals surface area contributed by atoms with Crippen LogP contribution in [-0.4, -0.2) is 13.0 Å². The summed E-state index contributed by atoms with van der Waals surface area (Å²) in [6, 6.07) is 6.01. The van der Waals surface area contributed by atoms with E-state index in [0.717, 1.165) is 16.8 Å². The number of carbonyl (C=O) groups is 1. The highest BCUT2D eigenvalue weighted by Gasteiger charge is 2.25. The van der Waals surface area contributed by atoms with E-state index in [2.05, 4.69) is 0 Å². The number of nitrogens with zero attached hydrogens (tertiary/aromatic N) is 1. The molecule has 0 radical (unpaired) electrons. The molecule has 15 heavy (non-hydrogen) atoms. The molecule has 80 valence electrons. The van der Waals surface area contributed by atoms with Gasteiger partial charge in [0.2, 0.25) is 5.91 Å². The Morgan fingerprint density at radius 2 is 2.07 bits per heavy atom. The van der Waals surface area contributed by atoms with E-state index in [4.69, 9.17) is 5.73 Å². The van der Waals surface area contributed by atoms with Crippen LogP contribution < -0.4 is 10.6 Å². The molecule has 0 fully saturated rings. The van der Waals surface area contributed by atoms with Gasteiger partial charge in [0.15, 0.2) is 0 Å². The molecular formula is C12H16N2O. The van der Waals surface area contributed by atoms with Gasteiger partial charge in [-0.2, -0.15) is 0 Å². The van der Waals surface area contributed by atoms with E-state index >= 15 is 0 Å². The van der Waals surface area contributed by atoms with E-state index < -0.39 is 0 Å². The lowest BCUT2D eigenvalue weighted by Gasteiger charge is -2.20. The summed E-state index contributed by atoms with van der Waals surface area (Å²) >= 11 is 0. The maximum atomic E-state index is 11.5. The van der Waals surface area contributed by atoms with Crippen LogP contribution in [0.25, 0.3) is 0 Å². The van der Waals surface area contributed by atoms with Crippen molar-refractivity contribution in [1.82, 2.24) is 0 Å². The fourth-order valence-electron chi connectivity index (χ4n) is 1.87. The van der Waals surface area contributed by atoms with Gasteiger partial charge in [0.25, 0.3) is 0 Å². The SMILES string of the molecule is CN1C(=O)Cc2cc(C(C)(C)N)ccc21. The van der Waals surface area contributed by atoms with Crippen LogP contribution >= 0.6 is 0 Å². The second-order valence-corrected chi connectivity index (χ2v) is 4.69. The first kappa shape index (κ1) is 10.2. The summed E-state index contributed by atoms with van der Waals surface area (Å²) in [6.45, 7) is 3.93. The molecule has 0 spiro atoms. The molecule has 2 rings (SSSR count). The molecule has 1 aromatic rings. The first-order valence-corrected chi connectivity index (χ1v) is 5.08. The molecular weight excluding hydrogens is 188 g/mol. The van der Waals surface area contributed by atoms with Crippen LogP contribution in [0.3, 0.4) is 0 Å². The lowest BCUT2D eigenvalue weighted by molar-refractivity contribution is -0.117. The van der Waals surface area contributed by atoms with Crippen LogP contribution in [0.15, 0.2) is 18.2 Å². The van der Waals surface area contributed by atoms with Crippen molar-refractivity contribution in [2.45, 2.75) is 25.8 Å². The van der Waals surface area contributed by atoms with Crippen LogP contribution in [-0.2, 0) is 16.8 Å². The van der Waals surface area contributed by atoms with E-state index in [1.165, 1.54) is 0 Å². The molecule has 2 N–H and O–H groups in total. The van der Waals surface area contributed by atoms with Crippen molar-refractivity contribution < 1.29 is 4.79 Å². The van der Waals surface area contributed by atoms with Crippen molar-refractivity contribution in [1.29, 1.82) is 0 Å². The molecule has 1 aliphatic rings. The molecule has 0 aromatic heterocycles. The zero-order valence-electron chi connectivity index (χ0n) is 9.37. The largest absolute Gasteiger partial charge is 0.322 e. The second-order valence-electron chi connectivity index (χ2n) is 4.69. The van der Waals surface area contributed by atoms with Gasteiger partial charge in [0, 0.05) is 18.3 Å². The van der Waals surface area contributed by atoms with E-state index in [9.17, 15) is 4.79 Å². The molecule has 1 heterocycles. The predicted octanol–water partition coefficient (Wildman–Crippen LogP) is 1.40. The zero-order valence-corrected chi connectivity index (χ0v) is 9.37. The number of nitrogens with two attached hydrogens (primary N) is 1. The molecule has 0 bridgehead atoms. The molecule has 3 nitrogen and oxygen atoms in total. The summed E-state index contributed by atoms with van der Waals surface area (Å²) in [7, 11) is 1.81. The highest BCUT2D eigenvalue weighted by Crippen LogP contribution is 2.30. The van der Waals surface area contributed by atoms with Gasteiger partial charge in [-0.1, -0.05) is 12.1 Å². The van der Waals surface area contributed by atoms with Crippen molar-refractivity contribution >= 4 is 11.6 Å². The number of anilines is 1. The minimum Gasteiger partial charge on any atom is -0.322 e. The molecule has 1 aromatic carbocycles. The lowest BCUT2D eigenvalue weighted by Crippen LogP contribution is -2.28. The van der Waals surface area contributed by atoms with Crippen molar-refractivity contribution in [3.8, 4) is 0 Å². The Morgan fingerprint density at radius 3 is 2.67 bits per heavy atom. The van der Waals surface area contributed by atoms with Crippen molar-refractivity contribution in [3.63, 3.8) is 0 Å². The minimum absolute atomic E-state index is 0.150. The Labute approximate surface area is 89.9 Å². The monoisotopic (exact) mass is 204 g/mol. The van der Waals surface area contributed by atoms with E-state index in [1.807, 2.05) is 32.0 Å². The fourth-order valence-corrected chi connectivity index (χ4v) is 1.87. The van der Waals surface area contributed by atoms with E-state index in [-0.39, 0.29) is 11.4 Å². The van der Waals surface area contributed by atoms with Crippen molar-refractivity contribution in [3.05, 3.63) is 29.3 Å². The standard InChI is InChI=1S/C12H16N2O/c1-12(2,13)9-4-5-10-8(6-9)7-11(15)14(10)3/h4-6H,7,13H2,1-3H3. The lowest BCUT2D eigenvalue weighted by atomic mass is 9.93. The molecule has 0 saturated carbocycles. The summed E-state index contributed by atoms with van der Waals surface area (Å²) < 4.78 is 0. The molecule has 0 atom stereocenters. The van der Waals surface area contributed by atoms with Crippen LogP contribution in [0.1, 0.15) is 25.0 Å². The zero-order chi connectivity index (χ0) is 11.2. The van der Waals surface area contributed by atoms with Crippen LogP contribution in [0.4, 0.5) is 5.69 Å². The molecule has 1 aliphatic heterocycles. The normalized spacial score (nSPS) is 15.7. The molecule has 1 amide bonds. The molecule has 0 unspecified atom stereocenters. The number of fused-ring (bicyclic) bond motifs is 1. The average molecular weight is 204 g/mol. The Balaban J connectivity index is 2.47. The summed E-state index contributed by atoms with van der Waals surface area (Å²) in [4.78, 5) is 13.2. The van der Waals surface area contributed by atoms with Gasteiger partial charge >= 0.3 is 0 Å². The van der Waals surface area contributed by atoms with Crippen LogP contribution in [0, 0.1) is 0 Å². The van der Waals surface area contributed by atoms with Gasteiger partial charge in [-0.05, 0) is 31.0 Å². The number of likely N-dealkylation sites (N-methyl/N-ethyl adjacent to an activating group) is 1. The number of hydrogen-bond acceptors (Lipinski definition) is 2. The maximum absolute atomic E-state index is 11.5. The number of rotatable bonds is 1. The summed E-state index contributed by atoms with van der Waals surface area (Å²) in [5.74, 6) is 0.150. The van der Waals surface area contributed by atoms with Crippen LogP contribution in [0.5, 0.6) is 0 Å². The third-order valence-electron chi connectivity index (χ3n) is 2.90. The third kappa shape index (κ3) is 1.63. The highest BCUT2D eigenvalue weighted by atomic mass is 16.2. The van der Waals surface area contributed by atoms with Gasteiger partial charge in [-0.25, -0.2) is 0 Å². The van der Waals surface area contributed by atoms with E-state index in [1.54, 1.807) is 11.9 Å². The Hall–Kier alpha value is -1.35. The fraction of sp³-hybridized carbons (Fsp3) is 0.417. The van der Waals surface area contributed by atoms with Gasteiger partial charge in [-0.3, -0.25) is 4.79 Å². The maximum Gasteiger partial charge on any atom is 0.231 e. The average Bonchev–Trinajstić information content (AvgIpc) is 2.41. The summed E-state index contributed by atoms with van der Waals surface area (Å²) in [5, 5.41) is 0. The van der Waals surface area contributed by atoms with Gasteiger partial charge in [0.05, 0.1) is 6.42 Å². The first-order valence-electron chi connectivity index (χ1n) is 5.08. The Kier molecular flexibility index (Phi) is 2.08. The Morgan fingerprint density at radius 1 is 1.40 bits per heavy atom. The third-order valence-corrected chi connectivity index (χ3v) is 2.90. The quantitative estimate of drug-likeness (QED) is 0.751. The van der Waals surface area contributed by atoms with Gasteiger partial charge in [-0.15, -0.1) is 0 Å². The predicted molar refractivity (Wildman–Crippen MR) is 60.8 cm³/mol. The summed E-state index contributed by atoms with van der Waals surface area (Å²) in [5.41, 5.74) is 8.84. The van der Waals surface area contributed by atoms with Gasteiger partial charge < -0.3 is 10.6 Å². The second kappa shape index (κ2) is 3.07.